The lowest BCUT2D eigenvalue weighted by atomic mass is 10.1. The van der Waals surface area contributed by atoms with Gasteiger partial charge in [0.15, 0.2) is 11.6 Å². The number of ether oxygens (including phenoxy) is 1. The first-order valence-electron chi connectivity index (χ1n) is 4.68. The van der Waals surface area contributed by atoms with Crippen LogP contribution in [0.15, 0.2) is 12.1 Å². The lowest BCUT2D eigenvalue weighted by molar-refractivity contribution is 0.00637. The molecule has 3 nitrogen and oxygen atoms in total. The molecule has 0 aliphatic carbocycles. The van der Waals surface area contributed by atoms with Gasteiger partial charge in [-0.25, -0.2) is 13.6 Å². The van der Waals surface area contributed by atoms with Crippen molar-refractivity contribution in [3.8, 4) is 0 Å². The minimum atomic E-state index is -1.25. The number of nitrogen functional groups attached to an aromatic ring is 1. The van der Waals surface area contributed by atoms with Gasteiger partial charge in [0.05, 0.1) is 0 Å². The Kier molecular flexibility index (Phi) is 3.16. The quantitative estimate of drug-likeness (QED) is 0.594. The molecule has 16 heavy (non-hydrogen) atoms. The number of hydrogen-bond acceptors (Lipinski definition) is 3. The average molecular weight is 229 g/mol. The molecule has 5 heteroatoms. The highest BCUT2D eigenvalue weighted by Crippen LogP contribution is 2.19. The van der Waals surface area contributed by atoms with Gasteiger partial charge < -0.3 is 10.5 Å². The van der Waals surface area contributed by atoms with Crippen LogP contribution in [0, 0.1) is 11.6 Å². The van der Waals surface area contributed by atoms with Crippen LogP contribution in [-0.4, -0.2) is 11.6 Å². The number of halogens is 2. The zero-order valence-corrected chi connectivity index (χ0v) is 9.30. The molecule has 0 saturated carbocycles. The van der Waals surface area contributed by atoms with Gasteiger partial charge >= 0.3 is 5.97 Å². The van der Waals surface area contributed by atoms with Crippen molar-refractivity contribution in [2.24, 2.45) is 0 Å². The molecule has 1 aromatic rings. The second-order valence-corrected chi connectivity index (χ2v) is 4.37. The van der Waals surface area contributed by atoms with Crippen LogP contribution in [0.5, 0.6) is 0 Å². The fourth-order valence-electron chi connectivity index (χ4n) is 1.09. The Bertz CT molecular complexity index is 425. The van der Waals surface area contributed by atoms with Crippen molar-refractivity contribution in [3.05, 3.63) is 29.3 Å². The van der Waals surface area contributed by atoms with Crippen LogP contribution >= 0.6 is 0 Å². The van der Waals surface area contributed by atoms with Gasteiger partial charge in [-0.15, -0.1) is 0 Å². The smallest absolute Gasteiger partial charge is 0.341 e. The van der Waals surface area contributed by atoms with E-state index in [0.29, 0.717) is 0 Å². The summed E-state index contributed by atoms with van der Waals surface area (Å²) >= 11 is 0. The van der Waals surface area contributed by atoms with Crippen LogP contribution in [-0.2, 0) is 4.74 Å². The third-order valence-electron chi connectivity index (χ3n) is 1.67. The molecule has 0 fully saturated rings. The summed E-state index contributed by atoms with van der Waals surface area (Å²) in [6, 6.07) is 1.86. The van der Waals surface area contributed by atoms with E-state index in [1.165, 1.54) is 0 Å². The summed E-state index contributed by atoms with van der Waals surface area (Å²) < 4.78 is 31.2. The summed E-state index contributed by atoms with van der Waals surface area (Å²) in [5.74, 6) is -3.35. The van der Waals surface area contributed by atoms with E-state index in [4.69, 9.17) is 10.5 Å². The third-order valence-corrected chi connectivity index (χ3v) is 1.67. The van der Waals surface area contributed by atoms with Crippen molar-refractivity contribution in [3.63, 3.8) is 0 Å². The molecule has 1 aromatic carbocycles. The molecule has 0 unspecified atom stereocenters. The molecular weight excluding hydrogens is 216 g/mol. The van der Waals surface area contributed by atoms with Crippen molar-refractivity contribution in [2.75, 3.05) is 5.73 Å². The maximum atomic E-state index is 13.3. The normalized spacial score (nSPS) is 11.3. The molecule has 0 bridgehead atoms. The van der Waals surface area contributed by atoms with Crippen LogP contribution < -0.4 is 5.73 Å². The Balaban J connectivity index is 3.09. The molecule has 0 radical (unpaired) electrons. The van der Waals surface area contributed by atoms with Crippen molar-refractivity contribution < 1.29 is 18.3 Å². The van der Waals surface area contributed by atoms with E-state index >= 15 is 0 Å². The lowest BCUT2D eigenvalue weighted by Crippen LogP contribution is -2.24. The largest absolute Gasteiger partial charge is 0.456 e. The first-order chi connectivity index (χ1) is 7.20. The number of hydrogen-bond donors (Lipinski definition) is 1. The van der Waals surface area contributed by atoms with Crippen LogP contribution in [0.3, 0.4) is 0 Å². The van der Waals surface area contributed by atoms with Crippen molar-refractivity contribution >= 4 is 11.7 Å². The molecule has 88 valence electrons. The first-order valence-corrected chi connectivity index (χ1v) is 4.68. The number of carbonyl (C=O) groups is 1. The molecule has 0 aliphatic heterocycles. The Hall–Kier alpha value is -1.65. The SMILES string of the molecule is CC(C)(C)OC(=O)c1cc(N)cc(F)c1F. The van der Waals surface area contributed by atoms with Crippen LogP contribution in [0.2, 0.25) is 0 Å². The number of nitrogens with two attached hydrogens (primary N) is 1. The van der Waals surface area contributed by atoms with E-state index in [1.807, 2.05) is 0 Å². The van der Waals surface area contributed by atoms with Gasteiger partial charge in [0.2, 0.25) is 0 Å². The Labute approximate surface area is 92.2 Å². The molecule has 0 amide bonds. The summed E-state index contributed by atoms with van der Waals surface area (Å²) in [4.78, 5) is 11.5. The van der Waals surface area contributed by atoms with Crippen molar-refractivity contribution in [2.45, 2.75) is 26.4 Å². The van der Waals surface area contributed by atoms with Gasteiger partial charge in [-0.2, -0.15) is 0 Å². The minimum Gasteiger partial charge on any atom is -0.456 e. The van der Waals surface area contributed by atoms with Crippen molar-refractivity contribution in [1.29, 1.82) is 0 Å². The topological polar surface area (TPSA) is 52.3 Å². The van der Waals surface area contributed by atoms with Crippen LogP contribution in [0.4, 0.5) is 14.5 Å². The van der Waals surface area contributed by atoms with E-state index in [1.54, 1.807) is 20.8 Å². The van der Waals surface area contributed by atoms with E-state index in [-0.39, 0.29) is 5.69 Å². The highest BCUT2D eigenvalue weighted by atomic mass is 19.2. The van der Waals surface area contributed by atoms with E-state index in [2.05, 4.69) is 0 Å². The molecule has 0 aromatic heterocycles. The number of esters is 1. The van der Waals surface area contributed by atoms with E-state index < -0.39 is 28.8 Å². The zero-order valence-electron chi connectivity index (χ0n) is 9.30. The maximum Gasteiger partial charge on any atom is 0.341 e. The number of benzene rings is 1. The Morgan fingerprint density at radius 1 is 1.31 bits per heavy atom. The molecule has 0 atom stereocenters. The molecule has 0 heterocycles. The van der Waals surface area contributed by atoms with Gasteiger partial charge in [0.1, 0.15) is 11.2 Å². The molecule has 1 rings (SSSR count). The van der Waals surface area contributed by atoms with Gasteiger partial charge in [-0.05, 0) is 32.9 Å². The zero-order chi connectivity index (χ0) is 12.5. The predicted octanol–water partition coefficient (Wildman–Crippen LogP) is 2.50. The molecule has 0 aliphatic rings. The number of carbonyl (C=O) groups excluding carboxylic acids is 1. The lowest BCUT2D eigenvalue weighted by Gasteiger charge is -2.19. The van der Waals surface area contributed by atoms with Gasteiger partial charge in [0.25, 0.3) is 0 Å². The first kappa shape index (κ1) is 12.4. The maximum absolute atomic E-state index is 13.3. The molecule has 2 N–H and O–H groups in total. The Morgan fingerprint density at radius 3 is 2.38 bits per heavy atom. The monoisotopic (exact) mass is 229 g/mol. The second-order valence-electron chi connectivity index (χ2n) is 4.37. The fourth-order valence-corrected chi connectivity index (χ4v) is 1.09. The second kappa shape index (κ2) is 4.08. The summed E-state index contributed by atoms with van der Waals surface area (Å²) in [6.45, 7) is 4.89. The van der Waals surface area contributed by atoms with Crippen LogP contribution in [0.1, 0.15) is 31.1 Å². The summed E-state index contributed by atoms with van der Waals surface area (Å²) in [7, 11) is 0. The highest BCUT2D eigenvalue weighted by molar-refractivity contribution is 5.91. The standard InChI is InChI=1S/C11H13F2NO2/c1-11(2,3)16-10(15)7-4-6(14)5-8(12)9(7)13/h4-5H,14H2,1-3H3. The van der Waals surface area contributed by atoms with E-state index in [0.717, 1.165) is 12.1 Å². The molecule has 0 spiro atoms. The van der Waals surface area contributed by atoms with Crippen molar-refractivity contribution in [1.82, 2.24) is 0 Å². The predicted molar refractivity (Wildman–Crippen MR) is 55.9 cm³/mol. The van der Waals surface area contributed by atoms with E-state index in [9.17, 15) is 13.6 Å². The number of rotatable bonds is 1. The highest BCUT2D eigenvalue weighted by Gasteiger charge is 2.22. The summed E-state index contributed by atoms with van der Waals surface area (Å²) in [5.41, 5.74) is 4.02. The third kappa shape index (κ3) is 2.92. The number of anilines is 1. The van der Waals surface area contributed by atoms with Gasteiger partial charge in [0, 0.05) is 5.69 Å². The molecular formula is C11H13F2NO2. The average Bonchev–Trinajstić information content (AvgIpc) is 2.08. The van der Waals surface area contributed by atoms with Gasteiger partial charge in [-0.1, -0.05) is 0 Å². The minimum absolute atomic E-state index is 0.0280. The summed E-state index contributed by atoms with van der Waals surface area (Å²) in [5, 5.41) is 0. The van der Waals surface area contributed by atoms with Crippen LogP contribution in [0.25, 0.3) is 0 Å². The summed E-state index contributed by atoms with van der Waals surface area (Å²) in [6.07, 6.45) is 0. The molecule has 0 saturated heterocycles. The fraction of sp³-hybridized carbons (Fsp3) is 0.364. The van der Waals surface area contributed by atoms with Gasteiger partial charge in [-0.3, -0.25) is 0 Å². The Morgan fingerprint density at radius 2 is 1.88 bits per heavy atom.